The van der Waals surface area contributed by atoms with E-state index < -0.39 is 5.97 Å². The summed E-state index contributed by atoms with van der Waals surface area (Å²) in [5.74, 6) is -0.0680. The highest BCUT2D eigenvalue weighted by Crippen LogP contribution is 2.19. The monoisotopic (exact) mass is 450 g/mol. The molecule has 0 N–H and O–H groups in total. The summed E-state index contributed by atoms with van der Waals surface area (Å²) in [6, 6.07) is 16.2. The smallest absolute Gasteiger partial charge is 0.374 e. The molecule has 0 amide bonds. The molecule has 0 atom stereocenters. The molecule has 0 aliphatic heterocycles. The van der Waals surface area contributed by atoms with Gasteiger partial charge in [0.1, 0.15) is 5.82 Å². The number of fused-ring (bicyclic) bond motifs is 1. The van der Waals surface area contributed by atoms with Gasteiger partial charge in [-0.15, -0.1) is 0 Å². The number of hydrogen-bond acceptors (Lipinski definition) is 5. The Morgan fingerprint density at radius 2 is 1.86 bits per heavy atom. The van der Waals surface area contributed by atoms with Gasteiger partial charge >= 0.3 is 5.97 Å². The van der Waals surface area contributed by atoms with E-state index in [0.29, 0.717) is 28.0 Å². The first-order valence-electron chi connectivity index (χ1n) is 8.70. The summed E-state index contributed by atoms with van der Waals surface area (Å²) >= 11 is 3.41. The van der Waals surface area contributed by atoms with Gasteiger partial charge in [0.05, 0.1) is 30.0 Å². The summed E-state index contributed by atoms with van der Waals surface area (Å²) in [6.45, 7) is 0. The molecular formula is C22H15BrN2O4. The van der Waals surface area contributed by atoms with Crippen molar-refractivity contribution in [1.82, 2.24) is 9.55 Å². The number of rotatable bonds is 4. The molecule has 2 aromatic heterocycles. The lowest BCUT2D eigenvalue weighted by Crippen LogP contribution is -2.22. The van der Waals surface area contributed by atoms with Crippen molar-refractivity contribution in [2.24, 2.45) is 0 Å². The van der Waals surface area contributed by atoms with E-state index in [1.165, 1.54) is 17.9 Å². The number of halogens is 1. The first-order valence-corrected chi connectivity index (χ1v) is 9.49. The Bertz CT molecular complexity index is 1290. The summed E-state index contributed by atoms with van der Waals surface area (Å²) < 4.78 is 12.4. The van der Waals surface area contributed by atoms with E-state index in [4.69, 9.17) is 9.15 Å². The number of para-hydroxylation sites is 1. The second kappa shape index (κ2) is 7.89. The third kappa shape index (κ3) is 3.64. The lowest BCUT2D eigenvalue weighted by Gasteiger charge is -2.11. The largest absolute Gasteiger partial charge is 0.463 e. The zero-order valence-electron chi connectivity index (χ0n) is 15.3. The van der Waals surface area contributed by atoms with E-state index in [0.717, 1.165) is 4.47 Å². The summed E-state index contributed by atoms with van der Waals surface area (Å²) in [6.07, 6.45) is 4.75. The number of furan rings is 1. The zero-order valence-corrected chi connectivity index (χ0v) is 16.9. The van der Waals surface area contributed by atoms with Crippen LogP contribution in [0.3, 0.4) is 0 Å². The van der Waals surface area contributed by atoms with Gasteiger partial charge < -0.3 is 9.15 Å². The molecule has 4 aromatic rings. The van der Waals surface area contributed by atoms with Crippen LogP contribution in [0.5, 0.6) is 0 Å². The highest BCUT2D eigenvalue weighted by atomic mass is 79.9. The highest BCUT2D eigenvalue weighted by Gasteiger charge is 2.15. The van der Waals surface area contributed by atoms with Crippen LogP contribution in [-0.4, -0.2) is 22.6 Å². The third-order valence-electron chi connectivity index (χ3n) is 4.36. The number of benzene rings is 2. The Kier molecular flexibility index (Phi) is 5.14. The molecule has 2 aromatic carbocycles. The molecular weight excluding hydrogens is 436 g/mol. The number of aromatic nitrogens is 2. The predicted molar refractivity (Wildman–Crippen MR) is 114 cm³/mol. The second-order valence-corrected chi connectivity index (χ2v) is 7.05. The second-order valence-electron chi connectivity index (χ2n) is 6.13. The number of esters is 1. The first kappa shape index (κ1) is 18.9. The van der Waals surface area contributed by atoms with Crippen LogP contribution >= 0.6 is 15.9 Å². The molecule has 0 fully saturated rings. The van der Waals surface area contributed by atoms with Gasteiger partial charge in [-0.05, 0) is 54.6 Å². The fraction of sp³-hybridized carbons (Fsp3) is 0.0455. The number of carbonyl (C=O) groups excluding carboxylic acids is 1. The lowest BCUT2D eigenvalue weighted by atomic mass is 10.2. The molecule has 0 saturated carbocycles. The predicted octanol–water partition coefficient (Wildman–Crippen LogP) is 4.70. The first-order chi connectivity index (χ1) is 14.1. The van der Waals surface area contributed by atoms with Crippen LogP contribution in [0.2, 0.25) is 0 Å². The Labute approximate surface area is 174 Å². The van der Waals surface area contributed by atoms with Gasteiger partial charge in [0.15, 0.2) is 0 Å². The number of hydrogen-bond donors (Lipinski definition) is 0. The summed E-state index contributed by atoms with van der Waals surface area (Å²) in [7, 11) is 1.29. The molecule has 4 rings (SSSR count). The Balaban J connectivity index is 1.90. The summed E-state index contributed by atoms with van der Waals surface area (Å²) in [5.41, 5.74) is 1.61. The van der Waals surface area contributed by atoms with Crippen molar-refractivity contribution in [2.45, 2.75) is 0 Å². The topological polar surface area (TPSA) is 74.3 Å². The van der Waals surface area contributed by atoms with Crippen molar-refractivity contribution in [3.63, 3.8) is 0 Å². The molecule has 29 heavy (non-hydrogen) atoms. The minimum Gasteiger partial charge on any atom is -0.463 e. The Morgan fingerprint density at radius 3 is 2.62 bits per heavy atom. The standard InChI is InChI=1S/C22H15BrN2O4/c1-28-22(27)20-14(12-13-29-20)6-11-19-24-18-5-3-2-4-17(18)21(26)25(19)16-9-7-15(23)8-10-16/h2-13H,1H3. The van der Waals surface area contributed by atoms with Crippen molar-refractivity contribution in [3.05, 3.63) is 92.8 Å². The number of ether oxygens (including phenoxy) is 1. The van der Waals surface area contributed by atoms with Gasteiger partial charge in [-0.2, -0.15) is 0 Å². The minimum atomic E-state index is -0.577. The van der Waals surface area contributed by atoms with Gasteiger partial charge in [-0.3, -0.25) is 9.36 Å². The average Bonchev–Trinajstić information content (AvgIpc) is 3.21. The SMILES string of the molecule is COC(=O)c1occc1C=Cc1nc2ccccc2c(=O)n1-c1ccc(Br)cc1. The van der Waals surface area contributed by atoms with Crippen molar-refractivity contribution >= 4 is 45.0 Å². The van der Waals surface area contributed by atoms with Gasteiger partial charge in [0, 0.05) is 10.0 Å². The molecule has 144 valence electrons. The lowest BCUT2D eigenvalue weighted by molar-refractivity contribution is 0.0565. The fourth-order valence-corrected chi connectivity index (χ4v) is 3.24. The maximum atomic E-state index is 13.2. The molecule has 0 aliphatic carbocycles. The van der Waals surface area contributed by atoms with Crippen LogP contribution in [0.1, 0.15) is 21.9 Å². The van der Waals surface area contributed by atoms with Gasteiger partial charge in [0.2, 0.25) is 5.76 Å². The quantitative estimate of drug-likeness (QED) is 0.421. The van der Waals surface area contributed by atoms with Crippen molar-refractivity contribution in [1.29, 1.82) is 0 Å². The van der Waals surface area contributed by atoms with Crippen LogP contribution in [0, 0.1) is 0 Å². The van der Waals surface area contributed by atoms with Crippen LogP contribution in [0.4, 0.5) is 0 Å². The van der Waals surface area contributed by atoms with Crippen molar-refractivity contribution in [2.75, 3.05) is 7.11 Å². The van der Waals surface area contributed by atoms with Gasteiger partial charge in [-0.1, -0.05) is 28.1 Å². The van der Waals surface area contributed by atoms with E-state index in [1.807, 2.05) is 30.3 Å². The Hall–Kier alpha value is -3.45. The fourth-order valence-electron chi connectivity index (χ4n) is 2.97. The number of carbonyl (C=O) groups is 1. The van der Waals surface area contributed by atoms with Crippen LogP contribution in [-0.2, 0) is 4.74 Å². The molecule has 0 bridgehead atoms. The third-order valence-corrected chi connectivity index (χ3v) is 4.89. The van der Waals surface area contributed by atoms with Gasteiger partial charge in [-0.25, -0.2) is 9.78 Å². The van der Waals surface area contributed by atoms with Crippen molar-refractivity contribution in [3.8, 4) is 5.69 Å². The molecule has 0 spiro atoms. The molecule has 0 unspecified atom stereocenters. The molecule has 0 saturated heterocycles. The van der Waals surface area contributed by atoms with Gasteiger partial charge in [0.25, 0.3) is 5.56 Å². The number of nitrogens with zero attached hydrogens (tertiary/aromatic N) is 2. The molecule has 7 heteroatoms. The average molecular weight is 451 g/mol. The molecule has 0 radical (unpaired) electrons. The van der Waals surface area contributed by atoms with E-state index in [2.05, 4.69) is 20.9 Å². The van der Waals surface area contributed by atoms with Crippen LogP contribution in [0.15, 0.2) is 74.5 Å². The molecule has 6 nitrogen and oxygen atoms in total. The molecule has 0 aliphatic rings. The highest BCUT2D eigenvalue weighted by molar-refractivity contribution is 9.10. The van der Waals surface area contributed by atoms with E-state index in [9.17, 15) is 9.59 Å². The van der Waals surface area contributed by atoms with E-state index in [1.54, 1.807) is 36.4 Å². The molecule has 2 heterocycles. The Morgan fingerprint density at radius 1 is 1.10 bits per heavy atom. The maximum Gasteiger partial charge on any atom is 0.374 e. The van der Waals surface area contributed by atoms with E-state index in [-0.39, 0.29) is 11.3 Å². The van der Waals surface area contributed by atoms with Crippen LogP contribution < -0.4 is 5.56 Å². The zero-order chi connectivity index (χ0) is 20.4. The normalized spacial score (nSPS) is 11.2. The maximum absolute atomic E-state index is 13.2. The summed E-state index contributed by atoms with van der Waals surface area (Å²) in [4.78, 5) is 29.7. The van der Waals surface area contributed by atoms with Crippen LogP contribution in [0.25, 0.3) is 28.7 Å². The number of methoxy groups -OCH3 is 1. The minimum absolute atomic E-state index is 0.0853. The summed E-state index contributed by atoms with van der Waals surface area (Å²) in [5, 5.41) is 0.520. The van der Waals surface area contributed by atoms with E-state index >= 15 is 0 Å². The van der Waals surface area contributed by atoms with Crippen molar-refractivity contribution < 1.29 is 13.9 Å².